The predicted molar refractivity (Wildman–Crippen MR) is 88.0 cm³/mol. The molecule has 1 fully saturated rings. The Labute approximate surface area is 148 Å². The van der Waals surface area contributed by atoms with E-state index in [0.717, 1.165) is 12.1 Å². The molecule has 1 aromatic heterocycles. The van der Waals surface area contributed by atoms with Crippen LogP contribution in [0.2, 0.25) is 0 Å². The number of amides is 2. The maximum absolute atomic E-state index is 12.6. The lowest BCUT2D eigenvalue weighted by molar-refractivity contribution is -0.151. The number of hydrogen-bond donors (Lipinski definition) is 0. The average molecular weight is 365 g/mol. The maximum atomic E-state index is 12.6. The first-order valence-corrected chi connectivity index (χ1v) is 8.36. The lowest BCUT2D eigenvalue weighted by Crippen LogP contribution is -2.45. The summed E-state index contributed by atoms with van der Waals surface area (Å²) in [5.74, 6) is 0.502. The van der Waals surface area contributed by atoms with Crippen LogP contribution in [0.4, 0.5) is 13.2 Å². The summed E-state index contributed by atoms with van der Waals surface area (Å²) < 4.78 is 43.5. The zero-order chi connectivity index (χ0) is 18.9. The Morgan fingerprint density at radius 2 is 1.81 bits per heavy atom. The van der Waals surface area contributed by atoms with Crippen LogP contribution in [0.15, 0.2) is 40.8 Å². The molecular weight excluding hydrogens is 347 g/mol. The van der Waals surface area contributed by atoms with Crippen LogP contribution < -0.4 is 0 Å². The number of furan rings is 1. The van der Waals surface area contributed by atoms with Gasteiger partial charge in [-0.1, -0.05) is 19.1 Å². The van der Waals surface area contributed by atoms with E-state index in [1.807, 2.05) is 0 Å². The van der Waals surface area contributed by atoms with Gasteiger partial charge >= 0.3 is 6.18 Å². The molecule has 2 aromatic rings. The van der Waals surface area contributed by atoms with Gasteiger partial charge in [-0.2, -0.15) is 13.2 Å². The van der Waals surface area contributed by atoms with Gasteiger partial charge in [-0.25, -0.2) is 0 Å². The molecule has 7 heteroatoms. The number of carbonyl (C=O) groups excluding carboxylic acids is 2. The van der Waals surface area contributed by atoms with Gasteiger partial charge in [-0.3, -0.25) is 14.5 Å². The van der Waals surface area contributed by atoms with Crippen LogP contribution in [0.5, 0.6) is 0 Å². The zero-order valence-corrected chi connectivity index (χ0v) is 14.2. The Balaban J connectivity index is 1.66. The minimum absolute atomic E-state index is 0.160. The molecule has 0 bridgehead atoms. The molecule has 0 radical (unpaired) electrons. The molecule has 0 spiro atoms. The summed E-state index contributed by atoms with van der Waals surface area (Å²) in [7, 11) is 0. The van der Waals surface area contributed by atoms with E-state index in [9.17, 15) is 22.8 Å². The summed E-state index contributed by atoms with van der Waals surface area (Å²) in [5, 5.41) is 0. The second-order valence-electron chi connectivity index (χ2n) is 6.41. The van der Waals surface area contributed by atoms with Crippen LogP contribution in [0.25, 0.3) is 11.3 Å². The van der Waals surface area contributed by atoms with Gasteiger partial charge < -0.3 is 4.42 Å². The smallest absolute Gasteiger partial charge is 0.416 e. The number of nitrogens with zero attached hydrogens (tertiary/aromatic N) is 1. The molecule has 1 aliphatic rings. The van der Waals surface area contributed by atoms with Crippen LogP contribution in [-0.2, 0) is 22.2 Å². The van der Waals surface area contributed by atoms with E-state index < -0.39 is 11.7 Å². The van der Waals surface area contributed by atoms with E-state index >= 15 is 0 Å². The van der Waals surface area contributed by atoms with Gasteiger partial charge in [-0.05, 0) is 30.7 Å². The van der Waals surface area contributed by atoms with Crippen molar-refractivity contribution in [3.8, 4) is 11.3 Å². The number of hydrogen-bond acceptors (Lipinski definition) is 3. The Hall–Kier alpha value is -2.57. The number of likely N-dealkylation sites (tertiary alicyclic amines) is 1. The molecule has 2 heterocycles. The molecule has 138 valence electrons. The third-order valence-electron chi connectivity index (χ3n) is 4.52. The minimum Gasteiger partial charge on any atom is -0.461 e. The molecule has 1 saturated heterocycles. The Morgan fingerprint density at radius 3 is 2.46 bits per heavy atom. The minimum atomic E-state index is -4.38. The second-order valence-corrected chi connectivity index (χ2v) is 6.41. The summed E-state index contributed by atoms with van der Waals surface area (Å²) in [6, 6.07) is 8.08. The van der Waals surface area contributed by atoms with Gasteiger partial charge in [0.2, 0.25) is 11.8 Å². The van der Waals surface area contributed by atoms with E-state index in [1.54, 1.807) is 19.1 Å². The number of imide groups is 1. The fourth-order valence-corrected chi connectivity index (χ4v) is 2.94. The van der Waals surface area contributed by atoms with Gasteiger partial charge in [0.05, 0.1) is 5.56 Å². The normalized spacial score (nSPS) is 18.5. The highest BCUT2D eigenvalue weighted by Crippen LogP contribution is 2.31. The fraction of sp³-hybridized carbons (Fsp3) is 0.368. The number of benzene rings is 1. The average Bonchev–Trinajstić information content (AvgIpc) is 3.07. The molecule has 1 aliphatic heterocycles. The van der Waals surface area contributed by atoms with Gasteiger partial charge in [0, 0.05) is 30.9 Å². The number of piperidine rings is 1. The highest BCUT2D eigenvalue weighted by Gasteiger charge is 2.31. The number of halogens is 3. The van der Waals surface area contributed by atoms with E-state index in [2.05, 4.69) is 0 Å². The van der Waals surface area contributed by atoms with E-state index in [1.165, 1.54) is 17.0 Å². The third-order valence-corrected chi connectivity index (χ3v) is 4.52. The van der Waals surface area contributed by atoms with Crippen molar-refractivity contribution in [2.75, 3.05) is 6.54 Å². The summed E-state index contributed by atoms with van der Waals surface area (Å²) in [5.41, 5.74) is -0.188. The van der Waals surface area contributed by atoms with Crippen molar-refractivity contribution in [2.24, 2.45) is 5.92 Å². The molecule has 2 amide bonds. The van der Waals surface area contributed by atoms with E-state index in [4.69, 9.17) is 4.42 Å². The molecule has 0 N–H and O–H groups in total. The summed E-state index contributed by atoms with van der Waals surface area (Å²) in [6.45, 7) is 2.04. The van der Waals surface area contributed by atoms with Crippen LogP contribution in [0.1, 0.15) is 31.1 Å². The Kier molecular flexibility index (Phi) is 4.89. The number of rotatable bonds is 4. The molecule has 1 aromatic carbocycles. The largest absolute Gasteiger partial charge is 0.461 e. The van der Waals surface area contributed by atoms with Crippen molar-refractivity contribution in [1.29, 1.82) is 0 Å². The lowest BCUT2D eigenvalue weighted by atomic mass is 9.98. The van der Waals surface area contributed by atoms with Crippen molar-refractivity contribution in [3.05, 3.63) is 47.7 Å². The van der Waals surface area contributed by atoms with Gasteiger partial charge in [-0.15, -0.1) is 0 Å². The van der Waals surface area contributed by atoms with Crippen LogP contribution >= 0.6 is 0 Å². The quantitative estimate of drug-likeness (QED) is 0.760. The first-order chi connectivity index (χ1) is 12.3. The summed E-state index contributed by atoms with van der Waals surface area (Å²) in [6.07, 6.45) is -3.07. The Bertz CT molecular complexity index is 808. The first kappa shape index (κ1) is 18.2. The fourth-order valence-electron chi connectivity index (χ4n) is 2.94. The summed E-state index contributed by atoms with van der Waals surface area (Å²) in [4.78, 5) is 25.2. The van der Waals surface area contributed by atoms with Crippen molar-refractivity contribution in [1.82, 2.24) is 4.90 Å². The van der Waals surface area contributed by atoms with Gasteiger partial charge in [0.25, 0.3) is 0 Å². The van der Waals surface area contributed by atoms with E-state index in [0.29, 0.717) is 36.3 Å². The highest BCUT2D eigenvalue weighted by atomic mass is 19.4. The molecule has 3 rings (SSSR count). The number of alkyl halides is 3. The molecule has 0 saturated carbocycles. The van der Waals surface area contributed by atoms with Crippen molar-refractivity contribution in [3.63, 3.8) is 0 Å². The van der Waals surface area contributed by atoms with Crippen molar-refractivity contribution < 1.29 is 27.2 Å². The van der Waals surface area contributed by atoms with E-state index in [-0.39, 0.29) is 24.3 Å². The first-order valence-electron chi connectivity index (χ1n) is 8.36. The molecule has 1 atom stereocenters. The standard InChI is InChI=1S/C19H18F3NO3/c1-12-2-9-17(24)23(18(12)25)11-10-15-7-8-16(26-15)13-3-5-14(6-4-13)19(20,21)22/h3-8,12H,2,9-11H2,1H3. The highest BCUT2D eigenvalue weighted by molar-refractivity contribution is 5.98. The maximum Gasteiger partial charge on any atom is 0.416 e. The second kappa shape index (κ2) is 6.97. The van der Waals surface area contributed by atoms with Crippen LogP contribution in [-0.4, -0.2) is 23.3 Å². The Morgan fingerprint density at radius 1 is 1.12 bits per heavy atom. The predicted octanol–water partition coefficient (Wildman–Crippen LogP) is 4.29. The van der Waals surface area contributed by atoms with Crippen LogP contribution in [0.3, 0.4) is 0 Å². The molecule has 1 unspecified atom stereocenters. The van der Waals surface area contributed by atoms with Gasteiger partial charge in [0.1, 0.15) is 11.5 Å². The molecule has 4 nitrogen and oxygen atoms in total. The summed E-state index contributed by atoms with van der Waals surface area (Å²) >= 11 is 0. The lowest BCUT2D eigenvalue weighted by Gasteiger charge is -2.28. The molecule has 0 aliphatic carbocycles. The van der Waals surface area contributed by atoms with Crippen molar-refractivity contribution >= 4 is 11.8 Å². The molecular formula is C19H18F3NO3. The van der Waals surface area contributed by atoms with Crippen molar-refractivity contribution in [2.45, 2.75) is 32.4 Å². The third kappa shape index (κ3) is 3.81. The molecule has 26 heavy (non-hydrogen) atoms. The van der Waals surface area contributed by atoms with Gasteiger partial charge in [0.15, 0.2) is 0 Å². The van der Waals surface area contributed by atoms with Crippen LogP contribution in [0, 0.1) is 5.92 Å². The number of carbonyl (C=O) groups is 2. The zero-order valence-electron chi connectivity index (χ0n) is 14.2. The monoisotopic (exact) mass is 365 g/mol. The SMILES string of the molecule is CC1CCC(=O)N(CCc2ccc(-c3ccc(C(F)(F)F)cc3)o2)C1=O. The topological polar surface area (TPSA) is 50.5 Å².